The maximum Gasteiger partial charge on any atom is 0.142 e. The normalized spacial score (nSPS) is 17.0. The lowest BCUT2D eigenvalue weighted by atomic mass is 9.99. The van der Waals surface area contributed by atoms with Gasteiger partial charge in [0.2, 0.25) is 0 Å². The average Bonchev–Trinajstić information content (AvgIpc) is 3.03. The largest absolute Gasteiger partial charge is 0.310 e. The van der Waals surface area contributed by atoms with Gasteiger partial charge in [0, 0.05) is 31.2 Å². The van der Waals surface area contributed by atoms with Crippen LogP contribution in [-0.2, 0) is 6.54 Å². The summed E-state index contributed by atoms with van der Waals surface area (Å²) in [6.07, 6.45) is 4.51. The highest BCUT2D eigenvalue weighted by atomic mass is 32.1. The number of likely N-dealkylation sites (tertiary alicyclic amines) is 1. The Morgan fingerprint density at radius 3 is 2.95 bits per heavy atom. The van der Waals surface area contributed by atoms with Crippen LogP contribution < -0.4 is 5.32 Å². The zero-order chi connectivity index (χ0) is 15.2. The van der Waals surface area contributed by atoms with Crippen LogP contribution in [0.25, 0.3) is 10.7 Å². The molecule has 2 aromatic heterocycles. The van der Waals surface area contributed by atoms with Crippen molar-refractivity contribution in [3.8, 4) is 10.7 Å². The molecule has 4 nitrogen and oxygen atoms in total. The Labute approximate surface area is 136 Å². The van der Waals surface area contributed by atoms with Gasteiger partial charge in [0.1, 0.15) is 5.01 Å². The van der Waals surface area contributed by atoms with Crippen molar-refractivity contribution in [2.45, 2.75) is 26.3 Å². The monoisotopic (exact) mass is 316 g/mol. The lowest BCUT2D eigenvalue weighted by molar-refractivity contribution is 0.193. The van der Waals surface area contributed by atoms with Crippen LogP contribution >= 0.6 is 11.3 Å². The maximum absolute atomic E-state index is 4.65. The molecule has 0 aromatic carbocycles. The van der Waals surface area contributed by atoms with E-state index in [1.54, 1.807) is 11.3 Å². The van der Waals surface area contributed by atoms with E-state index in [1.165, 1.54) is 25.9 Å². The summed E-state index contributed by atoms with van der Waals surface area (Å²) in [6, 6.07) is 5.94. The second-order valence-electron chi connectivity index (χ2n) is 6.06. The summed E-state index contributed by atoms with van der Waals surface area (Å²) in [4.78, 5) is 11.6. The molecule has 1 aliphatic heterocycles. The van der Waals surface area contributed by atoms with Gasteiger partial charge >= 0.3 is 0 Å². The van der Waals surface area contributed by atoms with Crippen molar-refractivity contribution >= 4 is 11.3 Å². The van der Waals surface area contributed by atoms with E-state index in [9.17, 15) is 0 Å². The number of piperidine rings is 1. The molecule has 0 saturated carbocycles. The van der Waals surface area contributed by atoms with Gasteiger partial charge in [-0.05, 0) is 44.0 Å². The first-order valence-electron chi connectivity index (χ1n) is 8.10. The molecule has 5 heteroatoms. The maximum atomic E-state index is 4.65. The Morgan fingerprint density at radius 2 is 2.18 bits per heavy atom. The number of hydrogen-bond acceptors (Lipinski definition) is 5. The molecule has 1 N–H and O–H groups in total. The Hall–Kier alpha value is -1.30. The zero-order valence-electron chi connectivity index (χ0n) is 13.2. The van der Waals surface area contributed by atoms with Crippen LogP contribution in [0.15, 0.2) is 29.8 Å². The highest BCUT2D eigenvalue weighted by Gasteiger charge is 2.14. The summed E-state index contributed by atoms with van der Waals surface area (Å²) in [5.74, 6) is 0.907. The third kappa shape index (κ3) is 4.35. The Balaban J connectivity index is 1.40. The molecule has 3 rings (SSSR count). The Morgan fingerprint density at radius 1 is 1.32 bits per heavy atom. The van der Waals surface area contributed by atoms with Crippen LogP contribution in [0.5, 0.6) is 0 Å². The molecular weight excluding hydrogens is 292 g/mol. The van der Waals surface area contributed by atoms with Crippen molar-refractivity contribution in [1.29, 1.82) is 0 Å². The first-order chi connectivity index (χ1) is 10.8. The highest BCUT2D eigenvalue weighted by molar-refractivity contribution is 7.13. The lowest BCUT2D eigenvalue weighted by Gasteiger charge is -2.30. The Bertz CT molecular complexity index is 561. The minimum absolute atomic E-state index is 0.841. The number of aromatic nitrogens is 2. The van der Waals surface area contributed by atoms with E-state index in [-0.39, 0.29) is 0 Å². The van der Waals surface area contributed by atoms with E-state index in [4.69, 9.17) is 0 Å². The summed E-state index contributed by atoms with van der Waals surface area (Å²) in [5.41, 5.74) is 2.07. The van der Waals surface area contributed by atoms with Crippen molar-refractivity contribution < 1.29 is 0 Å². The molecule has 0 unspecified atom stereocenters. The van der Waals surface area contributed by atoms with Crippen molar-refractivity contribution in [1.82, 2.24) is 20.2 Å². The number of thiazole rings is 1. The lowest BCUT2D eigenvalue weighted by Crippen LogP contribution is -2.37. The van der Waals surface area contributed by atoms with Crippen LogP contribution in [0.4, 0.5) is 0 Å². The predicted octanol–water partition coefficient (Wildman–Crippen LogP) is 3.03. The first kappa shape index (κ1) is 15.6. The van der Waals surface area contributed by atoms with Gasteiger partial charge in [-0.3, -0.25) is 4.98 Å². The third-order valence-corrected chi connectivity index (χ3v) is 5.14. The van der Waals surface area contributed by atoms with Gasteiger partial charge in [0.15, 0.2) is 0 Å². The van der Waals surface area contributed by atoms with Crippen molar-refractivity contribution in [3.05, 3.63) is 35.5 Å². The number of pyridine rings is 1. The van der Waals surface area contributed by atoms with Gasteiger partial charge in [-0.2, -0.15) is 0 Å². The molecule has 1 aliphatic rings. The molecule has 0 radical (unpaired) electrons. The molecule has 2 aromatic rings. The van der Waals surface area contributed by atoms with Crippen LogP contribution in [-0.4, -0.2) is 41.0 Å². The van der Waals surface area contributed by atoms with Crippen LogP contribution in [0, 0.1) is 5.92 Å². The summed E-state index contributed by atoms with van der Waals surface area (Å²) in [6.45, 7) is 7.88. The predicted molar refractivity (Wildman–Crippen MR) is 91.9 cm³/mol. The summed E-state index contributed by atoms with van der Waals surface area (Å²) < 4.78 is 0. The quantitative estimate of drug-likeness (QED) is 0.832. The summed E-state index contributed by atoms with van der Waals surface area (Å²) in [7, 11) is 0. The molecular formula is C17H24N4S. The van der Waals surface area contributed by atoms with E-state index >= 15 is 0 Å². The Kier molecular flexibility index (Phi) is 5.53. The molecule has 0 bridgehead atoms. The fourth-order valence-corrected chi connectivity index (χ4v) is 3.53. The summed E-state index contributed by atoms with van der Waals surface area (Å²) >= 11 is 1.66. The van der Waals surface area contributed by atoms with Gasteiger partial charge in [0.25, 0.3) is 0 Å². The zero-order valence-corrected chi connectivity index (χ0v) is 14.0. The second kappa shape index (κ2) is 7.81. The molecule has 22 heavy (non-hydrogen) atoms. The third-order valence-electron chi connectivity index (χ3n) is 4.22. The first-order valence-corrected chi connectivity index (χ1v) is 8.98. The fraction of sp³-hybridized carbons (Fsp3) is 0.529. The second-order valence-corrected chi connectivity index (χ2v) is 6.92. The summed E-state index contributed by atoms with van der Waals surface area (Å²) in [5, 5.41) is 6.63. The van der Waals surface area contributed by atoms with Gasteiger partial charge in [-0.1, -0.05) is 13.0 Å². The van der Waals surface area contributed by atoms with E-state index in [0.29, 0.717) is 0 Å². The van der Waals surface area contributed by atoms with E-state index in [2.05, 4.69) is 32.5 Å². The van der Waals surface area contributed by atoms with Crippen LogP contribution in [0.1, 0.15) is 25.5 Å². The van der Waals surface area contributed by atoms with Crippen molar-refractivity contribution in [2.75, 3.05) is 26.2 Å². The van der Waals surface area contributed by atoms with Gasteiger partial charge in [0.05, 0.1) is 11.4 Å². The number of rotatable bonds is 6. The highest BCUT2D eigenvalue weighted by Crippen LogP contribution is 2.21. The number of nitrogens with one attached hydrogen (secondary N) is 1. The molecule has 0 atom stereocenters. The van der Waals surface area contributed by atoms with Gasteiger partial charge in [-0.25, -0.2) is 4.98 Å². The van der Waals surface area contributed by atoms with E-state index < -0.39 is 0 Å². The number of nitrogens with zero attached hydrogens (tertiary/aromatic N) is 3. The molecule has 1 saturated heterocycles. The molecule has 1 fully saturated rings. The standard InChI is InChI=1S/C17H24N4S/c1-14-5-9-21(10-6-14)11-8-18-12-15-13-22-17(20-15)16-4-2-3-7-19-16/h2-4,7,13-14,18H,5-6,8-12H2,1H3. The van der Waals surface area contributed by atoms with Crippen molar-refractivity contribution in [3.63, 3.8) is 0 Å². The SMILES string of the molecule is CC1CCN(CCNCc2csc(-c3ccccn3)n2)CC1. The molecule has 0 spiro atoms. The molecule has 0 amide bonds. The number of hydrogen-bond donors (Lipinski definition) is 1. The van der Waals surface area contributed by atoms with Crippen LogP contribution in [0.2, 0.25) is 0 Å². The smallest absolute Gasteiger partial charge is 0.142 e. The van der Waals surface area contributed by atoms with Gasteiger partial charge in [-0.15, -0.1) is 11.3 Å². The van der Waals surface area contributed by atoms with Crippen molar-refractivity contribution in [2.24, 2.45) is 5.92 Å². The van der Waals surface area contributed by atoms with E-state index in [0.717, 1.165) is 41.9 Å². The average molecular weight is 316 g/mol. The minimum Gasteiger partial charge on any atom is -0.310 e. The van der Waals surface area contributed by atoms with E-state index in [1.807, 2.05) is 24.4 Å². The van der Waals surface area contributed by atoms with Gasteiger partial charge < -0.3 is 10.2 Å². The molecule has 0 aliphatic carbocycles. The topological polar surface area (TPSA) is 41.0 Å². The molecule has 3 heterocycles. The molecule has 118 valence electrons. The fourth-order valence-electron chi connectivity index (χ4n) is 2.73. The van der Waals surface area contributed by atoms with Crippen LogP contribution in [0.3, 0.4) is 0 Å². The minimum atomic E-state index is 0.841.